The van der Waals surface area contributed by atoms with Gasteiger partial charge in [0.2, 0.25) is 0 Å². The lowest BCUT2D eigenvalue weighted by atomic mass is 10.1. The van der Waals surface area contributed by atoms with Gasteiger partial charge in [0.15, 0.2) is 5.69 Å². The zero-order valence-corrected chi connectivity index (χ0v) is 16.9. The number of amides is 1. The molecule has 1 aliphatic rings. The van der Waals surface area contributed by atoms with Gasteiger partial charge in [-0.1, -0.05) is 18.2 Å². The van der Waals surface area contributed by atoms with Crippen molar-refractivity contribution in [2.75, 3.05) is 5.32 Å². The van der Waals surface area contributed by atoms with Crippen molar-refractivity contribution in [2.24, 2.45) is 0 Å². The molecule has 0 spiro atoms. The third-order valence-corrected chi connectivity index (χ3v) is 5.52. The summed E-state index contributed by atoms with van der Waals surface area (Å²) in [5.41, 5.74) is 5.33. The van der Waals surface area contributed by atoms with Crippen molar-refractivity contribution in [2.45, 2.75) is 32.7 Å². The first kappa shape index (κ1) is 18.4. The van der Waals surface area contributed by atoms with Crippen molar-refractivity contribution >= 4 is 11.6 Å². The Bertz CT molecular complexity index is 1190. The van der Waals surface area contributed by atoms with Gasteiger partial charge < -0.3 is 9.88 Å². The Morgan fingerprint density at radius 3 is 2.63 bits per heavy atom. The Morgan fingerprint density at radius 2 is 1.83 bits per heavy atom. The molecule has 0 fully saturated rings. The van der Waals surface area contributed by atoms with E-state index in [4.69, 9.17) is 0 Å². The molecule has 0 bridgehead atoms. The minimum atomic E-state index is -0.223. The van der Waals surface area contributed by atoms with Crippen LogP contribution in [0.1, 0.15) is 34.7 Å². The SMILES string of the molecule is Cc1cc(C(=O)Nc2ccc(-c3ncc4n3CCCC4)cc2)nn1-c1ccccc1. The molecule has 4 aromatic rings. The summed E-state index contributed by atoms with van der Waals surface area (Å²) in [5.74, 6) is 0.776. The lowest BCUT2D eigenvalue weighted by Crippen LogP contribution is -2.13. The molecule has 3 heterocycles. The summed E-state index contributed by atoms with van der Waals surface area (Å²) in [6.07, 6.45) is 5.50. The molecule has 150 valence electrons. The third-order valence-electron chi connectivity index (χ3n) is 5.52. The topological polar surface area (TPSA) is 64.7 Å². The summed E-state index contributed by atoms with van der Waals surface area (Å²) in [6.45, 7) is 2.96. The molecule has 2 aromatic heterocycles. The number of rotatable bonds is 4. The lowest BCUT2D eigenvalue weighted by Gasteiger charge is -2.16. The summed E-state index contributed by atoms with van der Waals surface area (Å²) in [7, 11) is 0. The number of nitrogens with zero attached hydrogens (tertiary/aromatic N) is 4. The second kappa shape index (κ2) is 7.63. The molecule has 6 heteroatoms. The van der Waals surface area contributed by atoms with E-state index >= 15 is 0 Å². The summed E-state index contributed by atoms with van der Waals surface area (Å²) < 4.78 is 4.08. The predicted molar refractivity (Wildman–Crippen MR) is 117 cm³/mol. The highest BCUT2D eigenvalue weighted by Crippen LogP contribution is 2.25. The minimum Gasteiger partial charge on any atom is -0.328 e. The smallest absolute Gasteiger partial charge is 0.276 e. The van der Waals surface area contributed by atoms with Gasteiger partial charge in [0, 0.05) is 35.4 Å². The van der Waals surface area contributed by atoms with Crippen LogP contribution in [0, 0.1) is 6.92 Å². The molecule has 0 radical (unpaired) electrons. The zero-order valence-electron chi connectivity index (χ0n) is 16.9. The number of fused-ring (bicyclic) bond motifs is 1. The first-order valence-corrected chi connectivity index (χ1v) is 10.3. The van der Waals surface area contributed by atoms with Gasteiger partial charge in [-0.3, -0.25) is 4.79 Å². The van der Waals surface area contributed by atoms with Crippen LogP contribution in [0.2, 0.25) is 0 Å². The van der Waals surface area contributed by atoms with Crippen LogP contribution in [0.3, 0.4) is 0 Å². The van der Waals surface area contributed by atoms with Crippen LogP contribution < -0.4 is 5.32 Å². The molecular formula is C24H23N5O. The van der Waals surface area contributed by atoms with E-state index in [9.17, 15) is 4.79 Å². The van der Waals surface area contributed by atoms with Gasteiger partial charge in [0.05, 0.1) is 5.69 Å². The van der Waals surface area contributed by atoms with E-state index in [0.717, 1.165) is 41.4 Å². The number of hydrogen-bond donors (Lipinski definition) is 1. The molecule has 0 saturated heterocycles. The number of aryl methyl sites for hydroxylation is 2. The Hall–Kier alpha value is -3.67. The lowest BCUT2D eigenvalue weighted by molar-refractivity contribution is 0.102. The van der Waals surface area contributed by atoms with Crippen molar-refractivity contribution in [3.05, 3.63) is 83.9 Å². The van der Waals surface area contributed by atoms with Crippen molar-refractivity contribution in [1.29, 1.82) is 0 Å². The number of nitrogens with one attached hydrogen (secondary N) is 1. The summed E-state index contributed by atoms with van der Waals surface area (Å²) in [4.78, 5) is 17.3. The number of imidazole rings is 1. The number of carbonyl (C=O) groups is 1. The van der Waals surface area contributed by atoms with Gasteiger partial charge in [-0.15, -0.1) is 0 Å². The molecule has 0 saturated carbocycles. The Kier molecular flexibility index (Phi) is 4.67. The van der Waals surface area contributed by atoms with Gasteiger partial charge >= 0.3 is 0 Å². The van der Waals surface area contributed by atoms with Crippen LogP contribution in [0.4, 0.5) is 5.69 Å². The largest absolute Gasteiger partial charge is 0.328 e. The molecule has 1 aliphatic heterocycles. The highest BCUT2D eigenvalue weighted by atomic mass is 16.1. The van der Waals surface area contributed by atoms with E-state index in [0.29, 0.717) is 5.69 Å². The highest BCUT2D eigenvalue weighted by Gasteiger charge is 2.16. The number of hydrogen-bond acceptors (Lipinski definition) is 3. The van der Waals surface area contributed by atoms with E-state index in [-0.39, 0.29) is 5.91 Å². The number of aromatic nitrogens is 4. The molecule has 1 amide bonds. The maximum Gasteiger partial charge on any atom is 0.276 e. The van der Waals surface area contributed by atoms with Crippen LogP contribution in [0.25, 0.3) is 17.1 Å². The first-order chi connectivity index (χ1) is 14.7. The first-order valence-electron chi connectivity index (χ1n) is 10.3. The van der Waals surface area contributed by atoms with Crippen molar-refractivity contribution in [3.8, 4) is 17.1 Å². The van der Waals surface area contributed by atoms with Gasteiger partial charge in [-0.2, -0.15) is 5.10 Å². The fraction of sp³-hybridized carbons (Fsp3) is 0.208. The number of benzene rings is 2. The van der Waals surface area contributed by atoms with E-state index in [1.807, 2.05) is 67.7 Å². The second-order valence-corrected chi connectivity index (χ2v) is 7.63. The van der Waals surface area contributed by atoms with Gasteiger partial charge in [-0.25, -0.2) is 9.67 Å². The number of para-hydroxylation sites is 1. The van der Waals surface area contributed by atoms with Gasteiger partial charge in [-0.05, 0) is 68.7 Å². The number of carbonyl (C=O) groups excluding carboxylic acids is 1. The van der Waals surface area contributed by atoms with Crippen LogP contribution in [0.5, 0.6) is 0 Å². The van der Waals surface area contributed by atoms with Crippen LogP contribution in [-0.4, -0.2) is 25.2 Å². The maximum atomic E-state index is 12.7. The molecule has 6 nitrogen and oxygen atoms in total. The summed E-state index contributed by atoms with van der Waals surface area (Å²) in [5, 5.41) is 7.42. The molecule has 0 atom stereocenters. The second-order valence-electron chi connectivity index (χ2n) is 7.63. The van der Waals surface area contributed by atoms with E-state index < -0.39 is 0 Å². The van der Waals surface area contributed by atoms with Gasteiger partial charge in [0.25, 0.3) is 5.91 Å². The molecule has 5 rings (SSSR count). The maximum absolute atomic E-state index is 12.7. The number of anilines is 1. The summed E-state index contributed by atoms with van der Waals surface area (Å²) >= 11 is 0. The Balaban J connectivity index is 1.33. The van der Waals surface area contributed by atoms with Crippen molar-refractivity contribution in [1.82, 2.24) is 19.3 Å². The van der Waals surface area contributed by atoms with E-state index in [2.05, 4.69) is 20.0 Å². The Morgan fingerprint density at radius 1 is 1.03 bits per heavy atom. The molecular weight excluding hydrogens is 374 g/mol. The summed E-state index contributed by atoms with van der Waals surface area (Å²) in [6, 6.07) is 19.4. The standard InChI is InChI=1S/C24H23N5O/c1-17-15-22(27-29(17)20-7-3-2-4-8-20)24(30)26-19-12-10-18(11-13-19)23-25-16-21-9-5-6-14-28(21)23/h2-4,7-8,10-13,15-16H,5-6,9,14H2,1H3,(H,26,30). The van der Waals surface area contributed by atoms with E-state index in [1.54, 1.807) is 10.7 Å². The molecule has 1 N–H and O–H groups in total. The predicted octanol–water partition coefficient (Wildman–Crippen LogP) is 4.63. The van der Waals surface area contributed by atoms with E-state index in [1.165, 1.54) is 18.5 Å². The molecule has 2 aromatic carbocycles. The average Bonchev–Trinajstić information content (AvgIpc) is 3.39. The van der Waals surface area contributed by atoms with Crippen LogP contribution in [0.15, 0.2) is 66.9 Å². The van der Waals surface area contributed by atoms with Crippen LogP contribution >= 0.6 is 0 Å². The fourth-order valence-corrected chi connectivity index (χ4v) is 3.98. The molecule has 0 unspecified atom stereocenters. The molecule has 30 heavy (non-hydrogen) atoms. The average molecular weight is 397 g/mol. The van der Waals surface area contributed by atoms with Crippen LogP contribution in [-0.2, 0) is 13.0 Å². The van der Waals surface area contributed by atoms with Gasteiger partial charge in [0.1, 0.15) is 5.82 Å². The third kappa shape index (κ3) is 3.41. The minimum absolute atomic E-state index is 0.223. The normalized spacial score (nSPS) is 13.1. The van der Waals surface area contributed by atoms with Crippen molar-refractivity contribution < 1.29 is 4.79 Å². The fourth-order valence-electron chi connectivity index (χ4n) is 3.98. The highest BCUT2D eigenvalue weighted by molar-refractivity contribution is 6.03. The Labute approximate surface area is 175 Å². The van der Waals surface area contributed by atoms with Crippen molar-refractivity contribution in [3.63, 3.8) is 0 Å². The zero-order chi connectivity index (χ0) is 20.5. The molecule has 0 aliphatic carbocycles. The monoisotopic (exact) mass is 397 g/mol. The quantitative estimate of drug-likeness (QED) is 0.546.